The third kappa shape index (κ3) is 1.94. The Morgan fingerprint density at radius 1 is 1.18 bits per heavy atom. The van der Waals surface area contributed by atoms with Gasteiger partial charge >= 0.3 is 5.97 Å². The van der Waals surface area contributed by atoms with Crippen LogP contribution < -0.4 is 5.73 Å². The van der Waals surface area contributed by atoms with E-state index in [9.17, 15) is 4.79 Å². The number of carboxylic acid groups (broad SMARTS) is 1. The third-order valence-electron chi connectivity index (χ3n) is 4.97. The fourth-order valence-electron chi connectivity index (χ4n) is 4.80. The van der Waals surface area contributed by atoms with Gasteiger partial charge < -0.3 is 10.8 Å². The molecule has 0 aromatic heterocycles. The summed E-state index contributed by atoms with van der Waals surface area (Å²) >= 11 is 0. The first-order valence-corrected chi connectivity index (χ1v) is 6.59. The summed E-state index contributed by atoms with van der Waals surface area (Å²) in [5.41, 5.74) is 5.68. The number of amidine groups is 1. The zero-order chi connectivity index (χ0) is 12.0. The molecule has 4 aliphatic rings. The van der Waals surface area contributed by atoms with Crippen molar-refractivity contribution in [2.24, 2.45) is 33.9 Å². The van der Waals surface area contributed by atoms with E-state index >= 15 is 0 Å². The molecule has 0 radical (unpaired) electrons. The van der Waals surface area contributed by atoms with Crippen molar-refractivity contribution in [3.05, 3.63) is 0 Å². The molecule has 17 heavy (non-hydrogen) atoms. The standard InChI is InChI=1S/C13H20N2O2/c14-11(12(16)17)15-7-13-4-8-1-9(5-13)3-10(2-8)6-13/h8-10H,1-7H2,(H2,14,15)(H,16,17). The van der Waals surface area contributed by atoms with Gasteiger partial charge in [0.2, 0.25) is 5.84 Å². The van der Waals surface area contributed by atoms with Crippen molar-refractivity contribution in [2.75, 3.05) is 6.54 Å². The highest BCUT2D eigenvalue weighted by molar-refractivity contribution is 6.33. The molecule has 3 N–H and O–H groups in total. The van der Waals surface area contributed by atoms with Crippen LogP contribution in [-0.2, 0) is 4.79 Å². The van der Waals surface area contributed by atoms with E-state index in [4.69, 9.17) is 10.8 Å². The molecule has 0 aromatic carbocycles. The monoisotopic (exact) mass is 236 g/mol. The van der Waals surface area contributed by atoms with Crippen LogP contribution >= 0.6 is 0 Å². The summed E-state index contributed by atoms with van der Waals surface area (Å²) < 4.78 is 0. The lowest BCUT2D eigenvalue weighted by atomic mass is 9.49. The average molecular weight is 236 g/mol. The quantitative estimate of drug-likeness (QED) is 0.565. The van der Waals surface area contributed by atoms with Crippen molar-refractivity contribution >= 4 is 11.8 Å². The molecule has 4 aliphatic carbocycles. The van der Waals surface area contributed by atoms with Gasteiger partial charge in [0.25, 0.3) is 0 Å². The number of hydrogen-bond acceptors (Lipinski definition) is 2. The van der Waals surface area contributed by atoms with E-state index in [1.165, 1.54) is 38.5 Å². The van der Waals surface area contributed by atoms with Crippen LogP contribution in [0.5, 0.6) is 0 Å². The summed E-state index contributed by atoms with van der Waals surface area (Å²) in [4.78, 5) is 14.8. The second-order valence-electron chi connectivity index (χ2n) is 6.42. The van der Waals surface area contributed by atoms with E-state index in [-0.39, 0.29) is 11.3 Å². The molecule has 4 fully saturated rings. The van der Waals surface area contributed by atoms with Crippen LogP contribution in [0.4, 0.5) is 0 Å². The Morgan fingerprint density at radius 3 is 2.06 bits per heavy atom. The van der Waals surface area contributed by atoms with E-state index in [1.807, 2.05) is 0 Å². The Kier molecular flexibility index (Phi) is 2.42. The third-order valence-corrected chi connectivity index (χ3v) is 4.97. The van der Waals surface area contributed by atoms with Crippen LogP contribution in [0.3, 0.4) is 0 Å². The molecule has 0 heterocycles. The molecule has 0 atom stereocenters. The molecule has 0 saturated heterocycles. The lowest BCUT2D eigenvalue weighted by molar-refractivity contribution is -0.129. The van der Waals surface area contributed by atoms with Crippen LogP contribution in [0, 0.1) is 23.2 Å². The second kappa shape index (κ2) is 3.72. The normalized spacial score (nSPS) is 44.0. The Morgan fingerprint density at radius 2 is 1.65 bits per heavy atom. The molecule has 0 unspecified atom stereocenters. The minimum Gasteiger partial charge on any atom is -0.475 e. The van der Waals surface area contributed by atoms with E-state index in [1.54, 1.807) is 0 Å². The largest absolute Gasteiger partial charge is 0.475 e. The van der Waals surface area contributed by atoms with Crippen LogP contribution in [0.2, 0.25) is 0 Å². The van der Waals surface area contributed by atoms with Gasteiger partial charge in [0.1, 0.15) is 0 Å². The highest BCUT2D eigenvalue weighted by Crippen LogP contribution is 2.60. The van der Waals surface area contributed by atoms with Gasteiger partial charge in [0.15, 0.2) is 0 Å². The van der Waals surface area contributed by atoms with Gasteiger partial charge in [-0.15, -0.1) is 0 Å². The number of nitrogens with zero attached hydrogens (tertiary/aromatic N) is 1. The predicted molar refractivity (Wildman–Crippen MR) is 64.7 cm³/mol. The number of rotatable bonds is 2. The topological polar surface area (TPSA) is 75.7 Å². The number of carboxylic acids is 1. The zero-order valence-electron chi connectivity index (χ0n) is 10.1. The number of nitrogens with two attached hydrogens (primary N) is 1. The number of aliphatic carboxylic acids is 1. The summed E-state index contributed by atoms with van der Waals surface area (Å²) in [7, 11) is 0. The van der Waals surface area contributed by atoms with Crippen LogP contribution in [0.1, 0.15) is 38.5 Å². The van der Waals surface area contributed by atoms with Gasteiger partial charge in [-0.05, 0) is 61.7 Å². The molecule has 4 saturated carbocycles. The molecule has 0 aromatic rings. The van der Waals surface area contributed by atoms with Gasteiger partial charge in [0.05, 0.1) is 0 Å². The Hall–Kier alpha value is -1.06. The van der Waals surface area contributed by atoms with Crippen molar-refractivity contribution < 1.29 is 9.90 Å². The Labute approximate surface area is 101 Å². The number of carbonyl (C=O) groups is 1. The molecule has 0 spiro atoms. The minimum atomic E-state index is -1.09. The highest BCUT2D eigenvalue weighted by Gasteiger charge is 2.50. The van der Waals surface area contributed by atoms with Crippen molar-refractivity contribution in [2.45, 2.75) is 38.5 Å². The molecular formula is C13H20N2O2. The number of hydrogen-bond donors (Lipinski definition) is 2. The molecular weight excluding hydrogens is 216 g/mol. The van der Waals surface area contributed by atoms with E-state index in [0.29, 0.717) is 6.54 Å². The zero-order valence-corrected chi connectivity index (χ0v) is 10.1. The lowest BCUT2D eigenvalue weighted by Crippen LogP contribution is -2.47. The van der Waals surface area contributed by atoms with Gasteiger partial charge in [-0.2, -0.15) is 0 Å². The minimum absolute atomic E-state index is 0.222. The molecule has 4 nitrogen and oxygen atoms in total. The molecule has 94 valence electrons. The Bertz CT molecular complexity index is 340. The summed E-state index contributed by atoms with van der Waals surface area (Å²) in [6.07, 6.45) is 7.94. The van der Waals surface area contributed by atoms with Gasteiger partial charge in [-0.3, -0.25) is 4.99 Å². The summed E-state index contributed by atoms with van der Waals surface area (Å²) in [5, 5.41) is 8.74. The van der Waals surface area contributed by atoms with Gasteiger partial charge in [-0.1, -0.05) is 0 Å². The highest BCUT2D eigenvalue weighted by atomic mass is 16.4. The maximum absolute atomic E-state index is 10.7. The second-order valence-corrected chi connectivity index (χ2v) is 6.42. The van der Waals surface area contributed by atoms with Crippen LogP contribution in [0.25, 0.3) is 0 Å². The van der Waals surface area contributed by atoms with Crippen LogP contribution in [0.15, 0.2) is 4.99 Å². The fraction of sp³-hybridized carbons (Fsp3) is 0.846. The Balaban J connectivity index is 1.74. The van der Waals surface area contributed by atoms with Gasteiger partial charge in [0, 0.05) is 6.54 Å². The molecule has 0 aliphatic heterocycles. The first kappa shape index (κ1) is 11.1. The van der Waals surface area contributed by atoms with E-state index in [2.05, 4.69) is 4.99 Å². The van der Waals surface area contributed by atoms with Crippen molar-refractivity contribution in [1.82, 2.24) is 0 Å². The average Bonchev–Trinajstić information content (AvgIpc) is 2.24. The van der Waals surface area contributed by atoms with Crippen molar-refractivity contribution in [3.63, 3.8) is 0 Å². The predicted octanol–water partition coefficient (Wildman–Crippen LogP) is 1.64. The fourth-order valence-corrected chi connectivity index (χ4v) is 4.80. The lowest BCUT2D eigenvalue weighted by Gasteiger charge is -2.56. The summed E-state index contributed by atoms with van der Waals surface area (Å²) in [6.45, 7) is 0.634. The molecule has 4 rings (SSSR count). The molecule has 4 bridgehead atoms. The van der Waals surface area contributed by atoms with E-state index in [0.717, 1.165) is 17.8 Å². The summed E-state index contributed by atoms with van der Waals surface area (Å²) in [5.74, 6) is 1.32. The van der Waals surface area contributed by atoms with Crippen molar-refractivity contribution in [3.8, 4) is 0 Å². The number of aliphatic imine (C=N–C) groups is 1. The summed E-state index contributed by atoms with van der Waals surface area (Å²) in [6, 6.07) is 0. The first-order chi connectivity index (χ1) is 8.06. The molecule has 0 amide bonds. The maximum atomic E-state index is 10.7. The van der Waals surface area contributed by atoms with Crippen LogP contribution in [-0.4, -0.2) is 23.5 Å². The first-order valence-electron chi connectivity index (χ1n) is 6.59. The smallest absolute Gasteiger partial charge is 0.370 e. The SMILES string of the molecule is NC(=NCC12CC3CC(CC(C3)C1)C2)C(=O)O. The van der Waals surface area contributed by atoms with Crippen molar-refractivity contribution in [1.29, 1.82) is 0 Å². The maximum Gasteiger partial charge on any atom is 0.370 e. The van der Waals surface area contributed by atoms with Gasteiger partial charge in [-0.25, -0.2) is 4.79 Å². The van der Waals surface area contributed by atoms with E-state index < -0.39 is 5.97 Å². The molecule has 4 heteroatoms.